The molecule has 2 nitrogen and oxygen atoms in total. The van der Waals surface area contributed by atoms with Crippen LogP contribution in [-0.4, -0.2) is 9.55 Å². The first-order valence-electron chi connectivity index (χ1n) is 8.06. The summed E-state index contributed by atoms with van der Waals surface area (Å²) >= 11 is 3.57. The van der Waals surface area contributed by atoms with Gasteiger partial charge in [0.1, 0.15) is 5.82 Å². The predicted octanol–water partition coefficient (Wildman–Crippen LogP) is 5.71. The maximum atomic E-state index is 4.88. The lowest BCUT2D eigenvalue weighted by Gasteiger charge is -2.10. The van der Waals surface area contributed by atoms with Crippen molar-refractivity contribution in [3.05, 3.63) is 88.9 Å². The van der Waals surface area contributed by atoms with Gasteiger partial charge in [0.25, 0.3) is 0 Å². The molecule has 4 aromatic rings. The molecule has 4 rings (SSSR count). The Balaban J connectivity index is 1.78. The molecule has 0 atom stereocenters. The fraction of sp³-hybridized carbons (Fsp3) is 0.0952. The van der Waals surface area contributed by atoms with E-state index in [4.69, 9.17) is 4.98 Å². The molecule has 0 spiro atoms. The Labute approximate surface area is 149 Å². The second-order valence-electron chi connectivity index (χ2n) is 5.82. The van der Waals surface area contributed by atoms with E-state index in [9.17, 15) is 0 Å². The van der Waals surface area contributed by atoms with Crippen LogP contribution in [0, 0.1) is 0 Å². The molecule has 0 radical (unpaired) electrons. The smallest absolute Gasteiger partial charge is 0.141 e. The highest BCUT2D eigenvalue weighted by Gasteiger charge is 2.12. The van der Waals surface area contributed by atoms with E-state index in [0.29, 0.717) is 0 Å². The van der Waals surface area contributed by atoms with Gasteiger partial charge in [0, 0.05) is 16.6 Å². The summed E-state index contributed by atoms with van der Waals surface area (Å²) in [6, 6.07) is 27.3. The summed E-state index contributed by atoms with van der Waals surface area (Å²) < 4.78 is 3.39. The van der Waals surface area contributed by atoms with Gasteiger partial charge in [-0.25, -0.2) is 4.98 Å². The molecule has 3 heteroatoms. The van der Waals surface area contributed by atoms with Gasteiger partial charge >= 0.3 is 0 Å². The van der Waals surface area contributed by atoms with Gasteiger partial charge < -0.3 is 4.57 Å². The molecule has 3 aromatic carbocycles. The van der Waals surface area contributed by atoms with E-state index in [1.807, 2.05) is 12.1 Å². The first-order valence-corrected chi connectivity index (χ1v) is 8.86. The molecule has 0 bridgehead atoms. The molecule has 0 aliphatic heterocycles. The molecule has 0 saturated heterocycles. The zero-order valence-corrected chi connectivity index (χ0v) is 14.8. The van der Waals surface area contributed by atoms with Crippen molar-refractivity contribution in [2.24, 2.45) is 0 Å². The SMILES string of the molecule is Brc1cccc(-c2nc3ccccc3n2CCc2ccccc2)c1. The van der Waals surface area contributed by atoms with Crippen molar-refractivity contribution < 1.29 is 0 Å². The molecular weight excluding hydrogens is 360 g/mol. The Morgan fingerprint density at radius 1 is 0.833 bits per heavy atom. The number of halogens is 1. The van der Waals surface area contributed by atoms with Crippen LogP contribution in [0.4, 0.5) is 0 Å². The van der Waals surface area contributed by atoms with Crippen molar-refractivity contribution in [2.45, 2.75) is 13.0 Å². The minimum absolute atomic E-state index is 0.909. The Morgan fingerprint density at radius 2 is 1.62 bits per heavy atom. The first-order chi connectivity index (χ1) is 11.8. The summed E-state index contributed by atoms with van der Waals surface area (Å²) in [5.41, 5.74) is 4.70. The summed E-state index contributed by atoms with van der Waals surface area (Å²) in [7, 11) is 0. The fourth-order valence-corrected chi connectivity index (χ4v) is 3.43. The Kier molecular flexibility index (Phi) is 4.18. The third kappa shape index (κ3) is 3.00. The predicted molar refractivity (Wildman–Crippen MR) is 103 cm³/mol. The van der Waals surface area contributed by atoms with Crippen LogP contribution in [0.2, 0.25) is 0 Å². The number of fused-ring (bicyclic) bond motifs is 1. The van der Waals surface area contributed by atoms with Gasteiger partial charge in [-0.05, 0) is 36.2 Å². The highest BCUT2D eigenvalue weighted by atomic mass is 79.9. The van der Waals surface area contributed by atoms with Gasteiger partial charge in [0.2, 0.25) is 0 Å². The van der Waals surface area contributed by atoms with Gasteiger partial charge in [-0.2, -0.15) is 0 Å². The number of para-hydroxylation sites is 2. The van der Waals surface area contributed by atoms with E-state index >= 15 is 0 Å². The summed E-state index contributed by atoms with van der Waals surface area (Å²) in [5, 5.41) is 0. The van der Waals surface area contributed by atoms with Crippen LogP contribution in [0.3, 0.4) is 0 Å². The minimum Gasteiger partial charge on any atom is -0.324 e. The third-order valence-electron chi connectivity index (χ3n) is 4.20. The lowest BCUT2D eigenvalue weighted by Crippen LogP contribution is -2.03. The number of rotatable bonds is 4. The number of hydrogen-bond acceptors (Lipinski definition) is 1. The van der Waals surface area contributed by atoms with Crippen molar-refractivity contribution in [3.63, 3.8) is 0 Å². The molecule has 0 aliphatic rings. The topological polar surface area (TPSA) is 17.8 Å². The van der Waals surface area contributed by atoms with Crippen LogP contribution in [-0.2, 0) is 13.0 Å². The third-order valence-corrected chi connectivity index (χ3v) is 4.70. The van der Waals surface area contributed by atoms with E-state index in [0.717, 1.165) is 34.3 Å². The number of aromatic nitrogens is 2. The van der Waals surface area contributed by atoms with Crippen LogP contribution in [0.5, 0.6) is 0 Å². The number of imidazole rings is 1. The Hall–Kier alpha value is -2.39. The summed E-state index contributed by atoms with van der Waals surface area (Å²) in [4.78, 5) is 4.88. The summed E-state index contributed by atoms with van der Waals surface area (Å²) in [5.74, 6) is 1.02. The lowest BCUT2D eigenvalue weighted by atomic mass is 10.1. The van der Waals surface area contributed by atoms with Crippen molar-refractivity contribution >= 4 is 27.0 Å². The first kappa shape index (κ1) is 15.2. The summed E-state index contributed by atoms with van der Waals surface area (Å²) in [6.07, 6.45) is 0.988. The molecule has 0 fully saturated rings. The van der Waals surface area contributed by atoms with Gasteiger partial charge in [0.15, 0.2) is 0 Å². The number of hydrogen-bond donors (Lipinski definition) is 0. The fourth-order valence-electron chi connectivity index (χ4n) is 3.04. The van der Waals surface area contributed by atoms with E-state index < -0.39 is 0 Å². The monoisotopic (exact) mass is 376 g/mol. The van der Waals surface area contributed by atoms with Gasteiger partial charge in [-0.1, -0.05) is 70.5 Å². The molecule has 0 amide bonds. The van der Waals surface area contributed by atoms with Crippen molar-refractivity contribution in [3.8, 4) is 11.4 Å². The van der Waals surface area contributed by atoms with E-state index in [-0.39, 0.29) is 0 Å². The largest absolute Gasteiger partial charge is 0.324 e. The molecule has 0 aliphatic carbocycles. The molecular formula is C21H17BrN2. The minimum atomic E-state index is 0.909. The maximum absolute atomic E-state index is 4.88. The molecule has 1 aromatic heterocycles. The summed E-state index contributed by atoms with van der Waals surface area (Å²) in [6.45, 7) is 0.909. The second kappa shape index (κ2) is 6.62. The highest BCUT2D eigenvalue weighted by molar-refractivity contribution is 9.10. The normalized spacial score (nSPS) is 11.0. The average molecular weight is 377 g/mol. The van der Waals surface area contributed by atoms with Crippen LogP contribution in [0.25, 0.3) is 22.4 Å². The highest BCUT2D eigenvalue weighted by Crippen LogP contribution is 2.27. The standard InChI is InChI=1S/C21H17BrN2/c22-18-10-6-9-17(15-18)21-23-19-11-4-5-12-20(19)24(21)14-13-16-7-2-1-3-8-16/h1-12,15H,13-14H2. The quantitative estimate of drug-likeness (QED) is 0.446. The van der Waals surface area contributed by atoms with Crippen LogP contribution < -0.4 is 0 Å². The van der Waals surface area contributed by atoms with E-state index in [2.05, 4.69) is 87.2 Å². The Bertz CT molecular complexity index is 973. The van der Waals surface area contributed by atoms with Crippen LogP contribution in [0.1, 0.15) is 5.56 Å². The molecule has 24 heavy (non-hydrogen) atoms. The molecule has 1 heterocycles. The van der Waals surface area contributed by atoms with Crippen molar-refractivity contribution in [1.29, 1.82) is 0 Å². The molecule has 0 N–H and O–H groups in total. The Morgan fingerprint density at radius 3 is 2.46 bits per heavy atom. The molecule has 0 unspecified atom stereocenters. The maximum Gasteiger partial charge on any atom is 0.141 e. The van der Waals surface area contributed by atoms with Crippen molar-refractivity contribution in [1.82, 2.24) is 9.55 Å². The van der Waals surface area contributed by atoms with E-state index in [1.54, 1.807) is 0 Å². The zero-order chi connectivity index (χ0) is 16.4. The molecule has 118 valence electrons. The number of aryl methyl sites for hydroxylation is 2. The van der Waals surface area contributed by atoms with Crippen LogP contribution in [0.15, 0.2) is 83.3 Å². The van der Waals surface area contributed by atoms with Gasteiger partial charge in [-0.15, -0.1) is 0 Å². The van der Waals surface area contributed by atoms with Gasteiger partial charge in [-0.3, -0.25) is 0 Å². The number of nitrogens with zero attached hydrogens (tertiary/aromatic N) is 2. The zero-order valence-electron chi connectivity index (χ0n) is 13.2. The van der Waals surface area contributed by atoms with E-state index in [1.165, 1.54) is 11.1 Å². The lowest BCUT2D eigenvalue weighted by molar-refractivity contribution is 0.723. The van der Waals surface area contributed by atoms with Crippen LogP contribution >= 0.6 is 15.9 Å². The molecule has 0 saturated carbocycles. The van der Waals surface area contributed by atoms with Gasteiger partial charge in [0.05, 0.1) is 11.0 Å². The van der Waals surface area contributed by atoms with Crippen molar-refractivity contribution in [2.75, 3.05) is 0 Å². The second-order valence-corrected chi connectivity index (χ2v) is 6.74. The average Bonchev–Trinajstić information content (AvgIpc) is 2.99. The number of benzene rings is 3.